The Labute approximate surface area is 109 Å². The van der Waals surface area contributed by atoms with Crippen LogP contribution in [0.15, 0.2) is 36.5 Å². The van der Waals surface area contributed by atoms with Crippen molar-refractivity contribution in [3.05, 3.63) is 65.0 Å². The molecule has 0 bridgehead atoms. The molecule has 0 saturated heterocycles. The topological polar surface area (TPSA) is 26.5 Å². The van der Waals surface area contributed by atoms with Crippen molar-refractivity contribution in [1.82, 2.24) is 4.98 Å². The first kappa shape index (κ1) is 13.0. The Balaban J connectivity index is 2.35. The molecule has 0 atom stereocenters. The molecule has 0 fully saturated rings. The molecular formula is C14H10F2N2O. The fraction of sp³-hybridized carbons (Fsp3) is 0.143. The van der Waals surface area contributed by atoms with E-state index in [2.05, 4.69) is 14.6 Å². The van der Waals surface area contributed by atoms with Crippen LogP contribution < -0.4 is 4.74 Å². The minimum atomic E-state index is -1.10. The quantitative estimate of drug-likeness (QED) is 0.784. The first-order chi connectivity index (χ1) is 9.24. The average molecular weight is 260 g/mol. The number of ether oxygens (including phenoxy) is 1. The van der Waals surface area contributed by atoms with E-state index in [1.54, 1.807) is 18.3 Å². The highest BCUT2D eigenvalue weighted by Gasteiger charge is 2.13. The summed E-state index contributed by atoms with van der Waals surface area (Å²) in [5, 5.41) is 0. The lowest BCUT2D eigenvalue weighted by Gasteiger charge is -2.08. The van der Waals surface area contributed by atoms with Crippen molar-refractivity contribution in [2.75, 3.05) is 6.86 Å². The second kappa shape index (κ2) is 5.91. The summed E-state index contributed by atoms with van der Waals surface area (Å²) in [6.45, 7) is 5.76. The summed E-state index contributed by atoms with van der Waals surface area (Å²) in [7, 11) is 0. The van der Waals surface area contributed by atoms with Crippen LogP contribution in [0.25, 0.3) is 4.85 Å². The van der Waals surface area contributed by atoms with E-state index in [1.807, 2.05) is 6.07 Å². The molecule has 0 aliphatic heterocycles. The van der Waals surface area contributed by atoms with Gasteiger partial charge in [0.2, 0.25) is 6.86 Å². The molecule has 0 N–H and O–H groups in total. The molecule has 96 valence electrons. The molecule has 5 heteroatoms. The highest BCUT2D eigenvalue weighted by Crippen LogP contribution is 2.32. The van der Waals surface area contributed by atoms with E-state index in [4.69, 9.17) is 6.57 Å². The van der Waals surface area contributed by atoms with Crippen molar-refractivity contribution < 1.29 is 13.5 Å². The Morgan fingerprint density at radius 2 is 2.16 bits per heavy atom. The Bertz CT molecular complexity index is 609. The summed E-state index contributed by atoms with van der Waals surface area (Å²) in [5.74, 6) is -0.796. The molecule has 3 nitrogen and oxygen atoms in total. The van der Waals surface area contributed by atoms with Crippen LogP contribution in [0.4, 0.5) is 14.5 Å². The highest BCUT2D eigenvalue weighted by atomic mass is 19.1. The largest absolute Gasteiger partial charge is 0.474 e. The van der Waals surface area contributed by atoms with Gasteiger partial charge >= 0.3 is 0 Å². The second-order valence-corrected chi connectivity index (χ2v) is 3.79. The standard InChI is InChI=1S/C14H10F2N2O/c1-17-14-12(16)7-10(8-13(14)19-9-15)6-11-4-2-3-5-18-11/h2-5,7-8H,6,9H2. The van der Waals surface area contributed by atoms with Crippen molar-refractivity contribution >= 4 is 5.69 Å². The smallest absolute Gasteiger partial charge is 0.263 e. The summed E-state index contributed by atoms with van der Waals surface area (Å²) in [6.07, 6.45) is 2.02. The van der Waals surface area contributed by atoms with Gasteiger partial charge in [-0.3, -0.25) is 4.98 Å². The van der Waals surface area contributed by atoms with E-state index in [9.17, 15) is 8.78 Å². The maximum Gasteiger partial charge on any atom is 0.263 e. The van der Waals surface area contributed by atoms with Gasteiger partial charge in [0.1, 0.15) is 11.6 Å². The minimum Gasteiger partial charge on any atom is -0.474 e. The Kier molecular flexibility index (Phi) is 4.04. The fourth-order valence-corrected chi connectivity index (χ4v) is 1.72. The normalized spacial score (nSPS) is 9.95. The lowest BCUT2D eigenvalue weighted by Crippen LogP contribution is -1.96. The highest BCUT2D eigenvalue weighted by molar-refractivity contribution is 5.60. The van der Waals surface area contributed by atoms with Crippen LogP contribution in [0.2, 0.25) is 0 Å². The maximum absolute atomic E-state index is 13.7. The summed E-state index contributed by atoms with van der Waals surface area (Å²) in [5.41, 5.74) is 1.03. The van der Waals surface area contributed by atoms with Gasteiger partial charge in [-0.05, 0) is 29.8 Å². The zero-order chi connectivity index (χ0) is 13.7. The van der Waals surface area contributed by atoms with E-state index in [0.717, 1.165) is 5.69 Å². The molecule has 2 aromatic rings. The van der Waals surface area contributed by atoms with Crippen LogP contribution in [-0.4, -0.2) is 11.8 Å². The number of aromatic nitrogens is 1. The van der Waals surface area contributed by atoms with Crippen LogP contribution in [0.3, 0.4) is 0 Å². The number of rotatable bonds is 4. The minimum absolute atomic E-state index is 0.0802. The third-order valence-electron chi connectivity index (χ3n) is 2.52. The van der Waals surface area contributed by atoms with Crippen LogP contribution >= 0.6 is 0 Å². The van der Waals surface area contributed by atoms with Gasteiger partial charge in [-0.1, -0.05) is 6.07 Å². The predicted octanol–water partition coefficient (Wildman–Crippen LogP) is 3.67. The fourth-order valence-electron chi connectivity index (χ4n) is 1.72. The van der Waals surface area contributed by atoms with E-state index >= 15 is 0 Å². The molecular weight excluding hydrogens is 250 g/mol. The first-order valence-corrected chi connectivity index (χ1v) is 5.53. The molecule has 19 heavy (non-hydrogen) atoms. The Morgan fingerprint density at radius 1 is 1.32 bits per heavy atom. The summed E-state index contributed by atoms with van der Waals surface area (Å²) in [4.78, 5) is 7.13. The van der Waals surface area contributed by atoms with E-state index in [-0.39, 0.29) is 11.4 Å². The molecule has 0 aliphatic carbocycles. The number of hydrogen-bond donors (Lipinski definition) is 0. The molecule has 0 amide bonds. The first-order valence-electron chi connectivity index (χ1n) is 5.53. The number of pyridine rings is 1. The zero-order valence-electron chi connectivity index (χ0n) is 9.94. The Morgan fingerprint density at radius 3 is 2.79 bits per heavy atom. The number of hydrogen-bond acceptors (Lipinski definition) is 2. The number of nitrogens with zero attached hydrogens (tertiary/aromatic N) is 2. The SMILES string of the molecule is [C-]#[N+]c1c(F)cc(Cc2ccccn2)cc1OCF. The van der Waals surface area contributed by atoms with Gasteiger partial charge in [0.25, 0.3) is 5.69 Å². The van der Waals surface area contributed by atoms with Gasteiger partial charge in [-0.15, -0.1) is 0 Å². The molecule has 1 aromatic heterocycles. The van der Waals surface area contributed by atoms with E-state index < -0.39 is 12.7 Å². The molecule has 0 spiro atoms. The van der Waals surface area contributed by atoms with Crippen LogP contribution in [-0.2, 0) is 6.42 Å². The van der Waals surface area contributed by atoms with Crippen molar-refractivity contribution in [2.45, 2.75) is 6.42 Å². The van der Waals surface area contributed by atoms with Gasteiger partial charge in [0.05, 0.1) is 6.57 Å². The van der Waals surface area contributed by atoms with E-state index in [1.165, 1.54) is 12.1 Å². The van der Waals surface area contributed by atoms with Crippen molar-refractivity contribution in [1.29, 1.82) is 0 Å². The second-order valence-electron chi connectivity index (χ2n) is 3.79. The van der Waals surface area contributed by atoms with Gasteiger partial charge in [-0.25, -0.2) is 13.6 Å². The van der Waals surface area contributed by atoms with Gasteiger partial charge < -0.3 is 4.74 Å². The van der Waals surface area contributed by atoms with Gasteiger partial charge in [0.15, 0.2) is 0 Å². The molecule has 0 unspecified atom stereocenters. The molecule has 0 aliphatic rings. The Hall–Kier alpha value is -2.48. The third-order valence-corrected chi connectivity index (χ3v) is 2.52. The molecule has 1 aromatic carbocycles. The summed E-state index contributed by atoms with van der Waals surface area (Å²) < 4.78 is 30.6. The molecule has 0 saturated carbocycles. The third kappa shape index (κ3) is 3.05. The number of alkyl halides is 1. The van der Waals surface area contributed by atoms with Gasteiger partial charge in [0, 0.05) is 18.3 Å². The maximum atomic E-state index is 13.7. The van der Waals surface area contributed by atoms with Crippen molar-refractivity contribution in [3.8, 4) is 5.75 Å². The van der Waals surface area contributed by atoms with Crippen molar-refractivity contribution in [2.24, 2.45) is 0 Å². The molecule has 2 rings (SSSR count). The summed E-state index contributed by atoms with van der Waals surface area (Å²) >= 11 is 0. The lowest BCUT2D eigenvalue weighted by molar-refractivity contribution is 0.192. The summed E-state index contributed by atoms with van der Waals surface area (Å²) in [6, 6.07) is 8.11. The zero-order valence-corrected chi connectivity index (χ0v) is 9.94. The average Bonchev–Trinajstić information content (AvgIpc) is 2.40. The van der Waals surface area contributed by atoms with Crippen LogP contribution in [0, 0.1) is 12.4 Å². The van der Waals surface area contributed by atoms with Crippen molar-refractivity contribution in [3.63, 3.8) is 0 Å². The number of benzene rings is 1. The van der Waals surface area contributed by atoms with Crippen LogP contribution in [0.5, 0.6) is 5.75 Å². The van der Waals surface area contributed by atoms with Crippen LogP contribution in [0.1, 0.15) is 11.3 Å². The lowest BCUT2D eigenvalue weighted by atomic mass is 10.1. The van der Waals surface area contributed by atoms with E-state index in [0.29, 0.717) is 12.0 Å². The number of halogens is 2. The predicted molar refractivity (Wildman–Crippen MR) is 66.3 cm³/mol. The monoisotopic (exact) mass is 260 g/mol. The molecule has 1 heterocycles. The molecule has 0 radical (unpaired) electrons. The van der Waals surface area contributed by atoms with Gasteiger partial charge in [-0.2, -0.15) is 0 Å².